The molecule has 25 heavy (non-hydrogen) atoms. The van der Waals surface area contributed by atoms with Crippen LogP contribution in [0.3, 0.4) is 0 Å². The topological polar surface area (TPSA) is 74.8 Å². The van der Waals surface area contributed by atoms with E-state index in [0.717, 1.165) is 4.31 Å². The molecule has 2 aromatic carbocycles. The molecule has 6 nitrogen and oxygen atoms in total. The minimum absolute atomic E-state index is 0.00332. The van der Waals surface area contributed by atoms with Crippen LogP contribution in [-0.2, 0) is 10.0 Å². The Hall–Kier alpha value is -2.51. The van der Waals surface area contributed by atoms with Gasteiger partial charge in [-0.15, -0.1) is 0 Å². The second-order valence-electron chi connectivity index (χ2n) is 5.96. The summed E-state index contributed by atoms with van der Waals surface area (Å²) in [6.07, 6.45) is 0.248. The Kier molecular flexibility index (Phi) is 4.45. The van der Waals surface area contributed by atoms with Crippen molar-refractivity contribution in [1.82, 2.24) is 4.31 Å². The summed E-state index contributed by atoms with van der Waals surface area (Å²) in [7, 11) is -0.743. The lowest BCUT2D eigenvalue weighted by molar-refractivity contribution is 0.0955. The molecule has 1 aliphatic heterocycles. The molecule has 130 valence electrons. The summed E-state index contributed by atoms with van der Waals surface area (Å²) in [4.78, 5) is 26.5. The minimum Gasteiger partial charge on any atom is -0.307 e. The zero-order valence-corrected chi connectivity index (χ0v) is 14.8. The zero-order chi connectivity index (χ0) is 18.2. The van der Waals surface area contributed by atoms with Gasteiger partial charge < -0.3 is 4.90 Å². The Bertz CT molecular complexity index is 951. The van der Waals surface area contributed by atoms with E-state index in [9.17, 15) is 18.0 Å². The van der Waals surface area contributed by atoms with Crippen molar-refractivity contribution in [3.05, 3.63) is 59.7 Å². The van der Waals surface area contributed by atoms with Gasteiger partial charge in [0.1, 0.15) is 0 Å². The van der Waals surface area contributed by atoms with Crippen LogP contribution in [0.5, 0.6) is 0 Å². The molecule has 0 bridgehead atoms. The minimum atomic E-state index is -3.62. The number of nitrogens with zero attached hydrogens (tertiary/aromatic N) is 2. The fourth-order valence-corrected chi connectivity index (χ4v) is 3.73. The summed E-state index contributed by atoms with van der Waals surface area (Å²) >= 11 is 0. The molecule has 3 rings (SSSR count). The van der Waals surface area contributed by atoms with Gasteiger partial charge in [0.15, 0.2) is 5.78 Å². The van der Waals surface area contributed by atoms with E-state index in [4.69, 9.17) is 0 Å². The highest BCUT2D eigenvalue weighted by Gasteiger charge is 2.28. The number of amides is 1. The maximum absolute atomic E-state index is 12.9. The fraction of sp³-hybridized carbons (Fsp3) is 0.222. The SMILES string of the molecule is CN(C)S(=O)(=O)c1cccc(C(=O)N2CCC(=O)c3ccccc32)c1. The molecule has 0 aliphatic carbocycles. The quantitative estimate of drug-likeness (QED) is 0.843. The lowest BCUT2D eigenvalue weighted by Crippen LogP contribution is -2.37. The van der Waals surface area contributed by atoms with Gasteiger partial charge in [-0.3, -0.25) is 9.59 Å². The normalized spacial score (nSPS) is 14.5. The molecule has 0 saturated heterocycles. The van der Waals surface area contributed by atoms with E-state index in [1.807, 2.05) is 0 Å². The van der Waals surface area contributed by atoms with E-state index >= 15 is 0 Å². The Morgan fingerprint density at radius 3 is 2.52 bits per heavy atom. The Balaban J connectivity index is 2.01. The molecule has 0 N–H and O–H groups in total. The van der Waals surface area contributed by atoms with Crippen LogP contribution in [0.4, 0.5) is 5.69 Å². The third-order valence-electron chi connectivity index (χ3n) is 4.16. The van der Waals surface area contributed by atoms with Gasteiger partial charge in [-0.1, -0.05) is 18.2 Å². The van der Waals surface area contributed by atoms with Crippen molar-refractivity contribution in [3.63, 3.8) is 0 Å². The second kappa shape index (κ2) is 6.42. The van der Waals surface area contributed by atoms with Crippen LogP contribution in [0.2, 0.25) is 0 Å². The lowest BCUT2D eigenvalue weighted by atomic mass is 9.99. The van der Waals surface area contributed by atoms with E-state index in [1.54, 1.807) is 36.4 Å². The summed E-state index contributed by atoms with van der Waals surface area (Å²) in [6, 6.07) is 12.9. The first-order valence-electron chi connectivity index (χ1n) is 7.79. The van der Waals surface area contributed by atoms with Crippen molar-refractivity contribution in [2.45, 2.75) is 11.3 Å². The van der Waals surface area contributed by atoms with Crippen LogP contribution in [0.25, 0.3) is 0 Å². The largest absolute Gasteiger partial charge is 0.307 e. The Morgan fingerprint density at radius 1 is 1.08 bits per heavy atom. The van der Waals surface area contributed by atoms with Gasteiger partial charge in [0.05, 0.1) is 10.6 Å². The first-order valence-corrected chi connectivity index (χ1v) is 9.23. The van der Waals surface area contributed by atoms with E-state index in [2.05, 4.69) is 0 Å². The second-order valence-corrected chi connectivity index (χ2v) is 8.11. The molecule has 7 heteroatoms. The average Bonchev–Trinajstić information content (AvgIpc) is 2.62. The molecule has 1 amide bonds. The predicted octanol–water partition coefficient (Wildman–Crippen LogP) is 2.17. The van der Waals surface area contributed by atoms with Crippen molar-refractivity contribution in [1.29, 1.82) is 0 Å². The standard InChI is InChI=1S/C18H18N2O4S/c1-19(2)25(23,24)14-7-5-6-13(12-14)18(22)20-11-10-17(21)15-8-3-4-9-16(15)20/h3-9,12H,10-11H2,1-2H3. The number of sulfonamides is 1. The smallest absolute Gasteiger partial charge is 0.258 e. The van der Waals surface area contributed by atoms with Gasteiger partial charge in [-0.05, 0) is 30.3 Å². The van der Waals surface area contributed by atoms with Gasteiger partial charge in [-0.25, -0.2) is 12.7 Å². The molecule has 1 heterocycles. The van der Waals surface area contributed by atoms with Crippen LogP contribution < -0.4 is 4.90 Å². The number of Topliss-reactive ketones (excluding diaryl/α,β-unsaturated/α-hetero) is 1. The fourth-order valence-electron chi connectivity index (χ4n) is 2.78. The zero-order valence-electron chi connectivity index (χ0n) is 14.0. The lowest BCUT2D eigenvalue weighted by Gasteiger charge is -2.28. The first kappa shape index (κ1) is 17.3. The highest BCUT2D eigenvalue weighted by atomic mass is 32.2. The molecule has 0 fully saturated rings. The van der Waals surface area contributed by atoms with E-state index in [-0.39, 0.29) is 35.1 Å². The maximum atomic E-state index is 12.9. The number of rotatable bonds is 3. The van der Waals surface area contributed by atoms with E-state index in [1.165, 1.54) is 31.1 Å². The van der Waals surface area contributed by atoms with E-state index < -0.39 is 10.0 Å². The van der Waals surface area contributed by atoms with Crippen LogP contribution >= 0.6 is 0 Å². The van der Waals surface area contributed by atoms with E-state index in [0.29, 0.717) is 11.3 Å². The molecular formula is C18H18N2O4S. The number of ketones is 1. The van der Waals surface area contributed by atoms with Gasteiger partial charge in [-0.2, -0.15) is 0 Å². The predicted molar refractivity (Wildman–Crippen MR) is 94.4 cm³/mol. The van der Waals surface area contributed by atoms with Crippen LogP contribution in [0.1, 0.15) is 27.1 Å². The van der Waals surface area contributed by atoms with Gasteiger partial charge >= 0.3 is 0 Å². The average molecular weight is 358 g/mol. The van der Waals surface area contributed by atoms with Crippen LogP contribution in [0.15, 0.2) is 53.4 Å². The number of anilines is 1. The van der Waals surface area contributed by atoms with Gasteiger partial charge in [0.25, 0.3) is 5.91 Å². The van der Waals surface area contributed by atoms with Gasteiger partial charge in [0, 0.05) is 38.2 Å². The third kappa shape index (κ3) is 3.08. The van der Waals surface area contributed by atoms with Crippen LogP contribution in [0, 0.1) is 0 Å². The highest BCUT2D eigenvalue weighted by Crippen LogP contribution is 2.28. The molecule has 0 aromatic heterocycles. The summed E-state index contributed by atoms with van der Waals surface area (Å²) < 4.78 is 25.7. The van der Waals surface area contributed by atoms with Crippen molar-refractivity contribution >= 4 is 27.4 Å². The number of para-hydroxylation sites is 1. The number of hydrogen-bond donors (Lipinski definition) is 0. The maximum Gasteiger partial charge on any atom is 0.258 e. The molecule has 0 unspecified atom stereocenters. The summed E-state index contributed by atoms with van der Waals surface area (Å²) in [5.41, 5.74) is 1.34. The molecule has 0 atom stereocenters. The Labute approximate surface area is 146 Å². The van der Waals surface area contributed by atoms with Crippen molar-refractivity contribution in [3.8, 4) is 0 Å². The highest BCUT2D eigenvalue weighted by molar-refractivity contribution is 7.89. The molecule has 0 saturated carbocycles. The molecule has 0 spiro atoms. The molecule has 0 radical (unpaired) electrons. The number of benzene rings is 2. The molecule has 1 aliphatic rings. The van der Waals surface area contributed by atoms with Crippen molar-refractivity contribution in [2.75, 3.05) is 25.5 Å². The summed E-state index contributed by atoms with van der Waals surface area (Å²) in [5.74, 6) is -0.320. The third-order valence-corrected chi connectivity index (χ3v) is 5.97. The monoisotopic (exact) mass is 358 g/mol. The number of carbonyl (C=O) groups excluding carboxylic acids is 2. The number of hydrogen-bond acceptors (Lipinski definition) is 4. The van der Waals surface area contributed by atoms with Crippen LogP contribution in [-0.4, -0.2) is 45.1 Å². The molecule has 2 aromatic rings. The number of fused-ring (bicyclic) bond motifs is 1. The molecular weight excluding hydrogens is 340 g/mol. The summed E-state index contributed by atoms with van der Waals surface area (Å²) in [6.45, 7) is 0.277. The summed E-state index contributed by atoms with van der Waals surface area (Å²) in [5, 5.41) is 0. The Morgan fingerprint density at radius 2 is 1.80 bits per heavy atom. The first-order chi connectivity index (χ1) is 11.8. The van der Waals surface area contributed by atoms with Crippen molar-refractivity contribution in [2.24, 2.45) is 0 Å². The number of carbonyl (C=O) groups is 2. The van der Waals surface area contributed by atoms with Crippen molar-refractivity contribution < 1.29 is 18.0 Å². The van der Waals surface area contributed by atoms with Gasteiger partial charge in [0.2, 0.25) is 10.0 Å².